The number of nitrogens with zero attached hydrogens (tertiary/aromatic N) is 1. The van der Waals surface area contributed by atoms with E-state index in [2.05, 4.69) is 0 Å². The molecule has 1 aliphatic heterocycles. The quantitative estimate of drug-likeness (QED) is 0.538. The van der Waals surface area contributed by atoms with Crippen LogP contribution in [-0.2, 0) is 4.79 Å². The van der Waals surface area contributed by atoms with E-state index in [0.717, 1.165) is 25.9 Å². The molecule has 1 radical (unpaired) electrons. The smallest absolute Gasteiger partial charge is 0.312 e. The van der Waals surface area contributed by atoms with Gasteiger partial charge in [-0.05, 0) is 12.8 Å². The number of hydrogen-bond donors (Lipinski definition) is 0. The first-order valence-electron chi connectivity index (χ1n) is 4.06. The molecule has 10 heavy (non-hydrogen) atoms. The highest BCUT2D eigenvalue weighted by Gasteiger charge is 2.04. The second-order valence-electron chi connectivity index (χ2n) is 2.85. The summed E-state index contributed by atoms with van der Waals surface area (Å²) in [6.07, 6.45) is 8.17. The van der Waals surface area contributed by atoms with Crippen LogP contribution in [0.25, 0.3) is 0 Å². The molecule has 0 aromatic rings. The Balaban J connectivity index is 2.22. The van der Waals surface area contributed by atoms with Crippen LogP contribution in [0, 0.1) is 0 Å². The van der Waals surface area contributed by atoms with Crippen molar-refractivity contribution in [2.24, 2.45) is 0 Å². The number of hydrogen-bond acceptors (Lipinski definition) is 1. The second-order valence-corrected chi connectivity index (χ2v) is 2.85. The van der Waals surface area contributed by atoms with Crippen LogP contribution in [0.15, 0.2) is 0 Å². The van der Waals surface area contributed by atoms with Crippen LogP contribution in [0.1, 0.15) is 32.1 Å². The molecule has 57 valence electrons. The Kier molecular flexibility index (Phi) is 3.27. The summed E-state index contributed by atoms with van der Waals surface area (Å²) in [5.74, 6) is 0. The SMILES string of the molecule is O=[C]N1CCCCCCC1. The highest BCUT2D eigenvalue weighted by atomic mass is 16.1. The van der Waals surface area contributed by atoms with E-state index in [0.29, 0.717) is 0 Å². The lowest BCUT2D eigenvalue weighted by atomic mass is 10.1. The van der Waals surface area contributed by atoms with Crippen molar-refractivity contribution in [2.75, 3.05) is 13.1 Å². The highest BCUT2D eigenvalue weighted by molar-refractivity contribution is 5.47. The van der Waals surface area contributed by atoms with E-state index in [-0.39, 0.29) is 0 Å². The molecule has 2 nitrogen and oxygen atoms in total. The minimum absolute atomic E-state index is 0.920. The molecule has 1 fully saturated rings. The Labute approximate surface area is 62.2 Å². The molecular formula is C8H14NO. The molecule has 1 heterocycles. The normalized spacial score (nSPS) is 21.4. The van der Waals surface area contributed by atoms with Gasteiger partial charge in [-0.3, -0.25) is 4.79 Å². The van der Waals surface area contributed by atoms with E-state index in [1.54, 1.807) is 4.90 Å². The second kappa shape index (κ2) is 4.31. The predicted octanol–water partition coefficient (Wildman–Crippen LogP) is 1.32. The maximum absolute atomic E-state index is 10.2. The van der Waals surface area contributed by atoms with Gasteiger partial charge in [-0.2, -0.15) is 0 Å². The van der Waals surface area contributed by atoms with Crippen molar-refractivity contribution in [2.45, 2.75) is 32.1 Å². The van der Waals surface area contributed by atoms with Crippen molar-refractivity contribution in [3.63, 3.8) is 0 Å². The fourth-order valence-electron chi connectivity index (χ4n) is 1.34. The van der Waals surface area contributed by atoms with Crippen LogP contribution in [0.2, 0.25) is 0 Å². The maximum Gasteiger partial charge on any atom is 0.312 e. The largest absolute Gasteiger partial charge is 0.334 e. The molecule has 0 spiro atoms. The molecule has 1 amide bonds. The van der Waals surface area contributed by atoms with Crippen molar-refractivity contribution in [3.05, 3.63) is 0 Å². The minimum atomic E-state index is 0.920. The van der Waals surface area contributed by atoms with Gasteiger partial charge < -0.3 is 4.90 Å². The van der Waals surface area contributed by atoms with Crippen molar-refractivity contribution in [1.82, 2.24) is 4.90 Å². The summed E-state index contributed by atoms with van der Waals surface area (Å²) in [6.45, 7) is 1.84. The Morgan fingerprint density at radius 1 is 0.900 bits per heavy atom. The first-order chi connectivity index (χ1) is 4.93. The zero-order chi connectivity index (χ0) is 7.23. The Hall–Kier alpha value is -0.530. The van der Waals surface area contributed by atoms with Gasteiger partial charge in [-0.15, -0.1) is 0 Å². The predicted molar refractivity (Wildman–Crippen MR) is 40.4 cm³/mol. The van der Waals surface area contributed by atoms with E-state index >= 15 is 0 Å². The number of likely N-dealkylation sites (tertiary alicyclic amines) is 1. The minimum Gasteiger partial charge on any atom is -0.334 e. The molecule has 0 N–H and O–H groups in total. The Morgan fingerprint density at radius 2 is 1.40 bits per heavy atom. The number of rotatable bonds is 1. The van der Waals surface area contributed by atoms with E-state index in [9.17, 15) is 4.79 Å². The maximum atomic E-state index is 10.2. The summed E-state index contributed by atoms with van der Waals surface area (Å²) in [7, 11) is 0. The first kappa shape index (κ1) is 7.58. The fourth-order valence-corrected chi connectivity index (χ4v) is 1.34. The van der Waals surface area contributed by atoms with Gasteiger partial charge in [0, 0.05) is 13.1 Å². The van der Waals surface area contributed by atoms with Crippen LogP contribution >= 0.6 is 0 Å². The van der Waals surface area contributed by atoms with E-state index in [1.807, 2.05) is 6.41 Å². The standard InChI is InChI=1S/C8H14NO/c10-8-9-6-4-2-1-3-5-7-9/h1-7H2. The summed E-state index contributed by atoms with van der Waals surface area (Å²) < 4.78 is 0. The van der Waals surface area contributed by atoms with Gasteiger partial charge in [-0.1, -0.05) is 19.3 Å². The van der Waals surface area contributed by atoms with Crippen LogP contribution in [0.4, 0.5) is 0 Å². The Bertz CT molecular complexity index is 95.4. The van der Waals surface area contributed by atoms with Gasteiger partial charge in [0.15, 0.2) is 0 Å². The monoisotopic (exact) mass is 140 g/mol. The zero-order valence-corrected chi connectivity index (χ0v) is 6.31. The molecular weight excluding hydrogens is 126 g/mol. The van der Waals surface area contributed by atoms with Crippen molar-refractivity contribution < 1.29 is 4.79 Å². The molecule has 0 saturated carbocycles. The van der Waals surface area contributed by atoms with E-state index in [1.165, 1.54) is 19.3 Å². The van der Waals surface area contributed by atoms with Crippen molar-refractivity contribution >= 4 is 6.41 Å². The van der Waals surface area contributed by atoms with Gasteiger partial charge >= 0.3 is 6.41 Å². The molecule has 2 heteroatoms. The average Bonchev–Trinajstić information content (AvgIpc) is 1.87. The van der Waals surface area contributed by atoms with Crippen LogP contribution < -0.4 is 0 Å². The molecule has 1 rings (SSSR count). The lowest BCUT2D eigenvalue weighted by Crippen LogP contribution is -2.25. The molecule has 0 aromatic heterocycles. The topological polar surface area (TPSA) is 20.3 Å². The van der Waals surface area contributed by atoms with Crippen LogP contribution in [-0.4, -0.2) is 24.4 Å². The van der Waals surface area contributed by atoms with Crippen LogP contribution in [0.5, 0.6) is 0 Å². The fraction of sp³-hybridized carbons (Fsp3) is 0.875. The van der Waals surface area contributed by atoms with Gasteiger partial charge in [0.05, 0.1) is 0 Å². The molecule has 0 atom stereocenters. The third-order valence-corrected chi connectivity index (χ3v) is 1.99. The van der Waals surface area contributed by atoms with E-state index in [4.69, 9.17) is 0 Å². The molecule has 0 unspecified atom stereocenters. The number of carbonyl (C=O) groups excluding carboxylic acids is 1. The highest BCUT2D eigenvalue weighted by Crippen LogP contribution is 2.08. The molecule has 1 aliphatic rings. The summed E-state index contributed by atoms with van der Waals surface area (Å²) >= 11 is 0. The summed E-state index contributed by atoms with van der Waals surface area (Å²) in [5.41, 5.74) is 0. The molecule has 0 aliphatic carbocycles. The number of amides is 1. The van der Waals surface area contributed by atoms with Gasteiger partial charge in [0.25, 0.3) is 0 Å². The molecule has 0 bridgehead atoms. The van der Waals surface area contributed by atoms with Gasteiger partial charge in [0.1, 0.15) is 0 Å². The van der Waals surface area contributed by atoms with Gasteiger partial charge in [-0.25, -0.2) is 0 Å². The van der Waals surface area contributed by atoms with Crippen molar-refractivity contribution in [3.8, 4) is 0 Å². The first-order valence-corrected chi connectivity index (χ1v) is 4.06. The molecule has 0 aromatic carbocycles. The summed E-state index contributed by atoms with van der Waals surface area (Å²) in [5, 5.41) is 0. The average molecular weight is 140 g/mol. The van der Waals surface area contributed by atoms with Crippen LogP contribution in [0.3, 0.4) is 0 Å². The van der Waals surface area contributed by atoms with E-state index < -0.39 is 0 Å². The van der Waals surface area contributed by atoms with Crippen molar-refractivity contribution in [1.29, 1.82) is 0 Å². The lowest BCUT2D eigenvalue weighted by molar-refractivity contribution is 0.339. The zero-order valence-electron chi connectivity index (χ0n) is 6.31. The Morgan fingerprint density at radius 3 is 1.90 bits per heavy atom. The third-order valence-electron chi connectivity index (χ3n) is 1.99. The third kappa shape index (κ3) is 2.38. The van der Waals surface area contributed by atoms with Gasteiger partial charge in [0.2, 0.25) is 0 Å². The summed E-state index contributed by atoms with van der Waals surface area (Å²) in [6, 6.07) is 0. The lowest BCUT2D eigenvalue weighted by Gasteiger charge is -2.18. The summed E-state index contributed by atoms with van der Waals surface area (Å²) in [4.78, 5) is 12.0. The molecule has 1 saturated heterocycles.